The molecule has 0 aromatic heterocycles. The highest BCUT2D eigenvalue weighted by atomic mass is 32.2. The van der Waals surface area contributed by atoms with Gasteiger partial charge in [-0.3, -0.25) is 0 Å². The zero-order chi connectivity index (χ0) is 41.4. The second-order valence-electron chi connectivity index (χ2n) is 9.89. The zero-order valence-electron chi connectivity index (χ0n) is 23.0. The quantitative estimate of drug-likeness (QED) is 0.120. The minimum atomic E-state index is -9.89. The van der Waals surface area contributed by atoms with Crippen LogP contribution >= 0.6 is 0 Å². The van der Waals surface area contributed by atoms with Gasteiger partial charge in [0.1, 0.15) is 0 Å². The molecule has 4 nitrogen and oxygen atoms in total. The Morgan fingerprint density at radius 1 is 0.400 bits per heavy atom. The van der Waals surface area contributed by atoms with Crippen molar-refractivity contribution >= 4 is 10.0 Å². The van der Waals surface area contributed by atoms with Crippen LogP contribution in [0.4, 0.5) is 119 Å². The lowest BCUT2D eigenvalue weighted by Crippen LogP contribution is -2.79. The first-order chi connectivity index (χ1) is 21.2. The van der Waals surface area contributed by atoms with Gasteiger partial charge in [0.15, 0.2) is 0 Å². The average Bonchev–Trinajstić information content (AvgIpc) is 2.88. The maximum Gasteiger partial charge on any atom is 0.460 e. The van der Waals surface area contributed by atoms with Gasteiger partial charge in [-0.2, -0.15) is 119 Å². The Bertz CT molecular complexity index is 1320. The molecule has 0 atom stereocenters. The lowest BCUT2D eigenvalue weighted by Gasteiger charge is -2.46. The van der Waals surface area contributed by atoms with E-state index in [0.29, 0.717) is 4.72 Å². The standard InChI is InChI=1S/C18H13F27N2O2S/c1-47(2)5-3-4-46-50(48,49)18(44,45)16(39,40)14(35,36)12(31,32)10(27,28)8(23,24)6(19,20)7(21,22)9(25,26)11(29,30)13(33,34)15(37,38)17(41,42)43/h46H,3-5H2,1-2H3. The van der Waals surface area contributed by atoms with Crippen LogP contribution in [0.25, 0.3) is 0 Å². The fourth-order valence-corrected chi connectivity index (χ4v) is 4.06. The van der Waals surface area contributed by atoms with Crippen LogP contribution in [0, 0.1) is 0 Å². The molecule has 0 aliphatic carbocycles. The highest BCUT2D eigenvalue weighted by Gasteiger charge is 3.00. The van der Waals surface area contributed by atoms with Crippen LogP contribution in [0.3, 0.4) is 0 Å². The van der Waals surface area contributed by atoms with Crippen LogP contribution in [0.2, 0.25) is 0 Å². The van der Waals surface area contributed by atoms with Crippen LogP contribution < -0.4 is 4.72 Å². The van der Waals surface area contributed by atoms with Crippen molar-refractivity contribution < 1.29 is 127 Å². The van der Waals surface area contributed by atoms with E-state index >= 15 is 0 Å². The van der Waals surface area contributed by atoms with Crippen LogP contribution in [-0.4, -0.2) is 117 Å². The fourth-order valence-electron chi connectivity index (χ4n) is 3.00. The molecule has 0 radical (unpaired) electrons. The molecule has 0 spiro atoms. The number of halogens is 27. The molecule has 0 saturated carbocycles. The van der Waals surface area contributed by atoms with Crippen LogP contribution in [0.15, 0.2) is 0 Å². The van der Waals surface area contributed by atoms with Gasteiger partial charge in [-0.25, -0.2) is 13.1 Å². The predicted octanol–water partition coefficient (Wildman–Crippen LogP) is 8.00. The fraction of sp³-hybridized carbons (Fsp3) is 1.00. The molecule has 0 saturated heterocycles. The number of hydrogen-bond donors (Lipinski definition) is 1. The lowest BCUT2D eigenvalue weighted by atomic mass is 9.84. The van der Waals surface area contributed by atoms with Gasteiger partial charge in [-0.15, -0.1) is 0 Å². The van der Waals surface area contributed by atoms with E-state index in [1.165, 1.54) is 0 Å². The minimum Gasteiger partial charge on any atom is -0.309 e. The first kappa shape index (κ1) is 48.0. The summed E-state index contributed by atoms with van der Waals surface area (Å²) in [5, 5.41) is -7.97. The molecule has 0 aliphatic heterocycles. The summed E-state index contributed by atoms with van der Waals surface area (Å²) in [5.41, 5.74) is 0. The van der Waals surface area contributed by atoms with E-state index in [1.54, 1.807) is 0 Å². The third kappa shape index (κ3) is 6.15. The summed E-state index contributed by atoms with van der Waals surface area (Å²) in [5.74, 6) is -104. The largest absolute Gasteiger partial charge is 0.460 e. The van der Waals surface area contributed by atoms with E-state index in [1.807, 2.05) is 0 Å². The summed E-state index contributed by atoms with van der Waals surface area (Å²) in [7, 11) is -5.31. The van der Waals surface area contributed by atoms with Crippen molar-refractivity contribution in [3.63, 3.8) is 0 Å². The normalized spacial score (nSPS) is 16.8. The molecule has 0 heterocycles. The highest BCUT2D eigenvalue weighted by molar-refractivity contribution is 7.90. The van der Waals surface area contributed by atoms with Crippen LogP contribution in [0.1, 0.15) is 6.42 Å². The monoisotopic (exact) mass is 834 g/mol. The van der Waals surface area contributed by atoms with Crippen molar-refractivity contribution in [2.45, 2.75) is 83.0 Å². The van der Waals surface area contributed by atoms with Gasteiger partial charge in [0.05, 0.1) is 0 Å². The van der Waals surface area contributed by atoms with E-state index in [9.17, 15) is 127 Å². The Kier molecular flexibility index (Phi) is 12.0. The van der Waals surface area contributed by atoms with Gasteiger partial charge in [-0.05, 0) is 27.1 Å². The summed E-state index contributed by atoms with van der Waals surface area (Å²) in [6.45, 7) is -1.94. The number of nitrogens with zero attached hydrogens (tertiary/aromatic N) is 1. The summed E-state index contributed by atoms with van der Waals surface area (Å²) >= 11 is 0. The molecule has 0 rings (SSSR count). The molecule has 0 fully saturated rings. The first-order valence-corrected chi connectivity index (χ1v) is 12.9. The number of rotatable bonds is 17. The van der Waals surface area contributed by atoms with Crippen molar-refractivity contribution in [3.05, 3.63) is 0 Å². The number of hydrogen-bond acceptors (Lipinski definition) is 3. The Hall–Kier alpha value is -2.02. The predicted molar refractivity (Wildman–Crippen MR) is 106 cm³/mol. The Morgan fingerprint density at radius 3 is 0.840 bits per heavy atom. The van der Waals surface area contributed by atoms with Gasteiger partial charge >= 0.3 is 76.6 Å². The second kappa shape index (κ2) is 12.5. The van der Waals surface area contributed by atoms with E-state index in [-0.39, 0.29) is 0 Å². The average molecular weight is 834 g/mol. The van der Waals surface area contributed by atoms with Crippen molar-refractivity contribution in [3.8, 4) is 0 Å². The van der Waals surface area contributed by atoms with E-state index in [2.05, 4.69) is 0 Å². The SMILES string of the molecule is CN(C)CCCNS(=O)(=O)C(F)(F)C(F)(F)C(F)(F)C(F)(F)C(F)(F)C(F)(F)C(F)(F)C(F)(F)C(F)(F)C(F)(F)C(F)(F)C(F)(F)C(F)(F)F. The Labute approximate surface area is 257 Å². The van der Waals surface area contributed by atoms with E-state index < -0.39 is 106 Å². The molecule has 50 heavy (non-hydrogen) atoms. The molecule has 0 aromatic rings. The van der Waals surface area contributed by atoms with Gasteiger partial charge in [-0.1, -0.05) is 0 Å². The molecule has 32 heteroatoms. The topological polar surface area (TPSA) is 49.4 Å². The highest BCUT2D eigenvalue weighted by Crippen LogP contribution is 2.68. The van der Waals surface area contributed by atoms with Crippen LogP contribution in [0.5, 0.6) is 0 Å². The smallest absolute Gasteiger partial charge is 0.309 e. The van der Waals surface area contributed by atoms with Crippen molar-refractivity contribution in [2.75, 3.05) is 27.2 Å². The zero-order valence-corrected chi connectivity index (χ0v) is 23.8. The molecule has 1 N–H and O–H groups in total. The summed E-state index contributed by atoms with van der Waals surface area (Å²) in [6, 6.07) is 0. The van der Waals surface area contributed by atoms with Crippen LogP contribution in [-0.2, 0) is 10.0 Å². The summed E-state index contributed by atoms with van der Waals surface area (Å²) in [6.07, 6.45) is -9.04. The first-order valence-electron chi connectivity index (χ1n) is 11.4. The number of nitrogens with one attached hydrogen (secondary N) is 1. The van der Waals surface area contributed by atoms with Gasteiger partial charge < -0.3 is 4.90 Å². The van der Waals surface area contributed by atoms with E-state index in [0.717, 1.165) is 19.0 Å². The molecule has 0 aliphatic rings. The lowest BCUT2D eigenvalue weighted by molar-refractivity contribution is -0.483. The Morgan fingerprint density at radius 2 is 0.620 bits per heavy atom. The number of sulfonamides is 1. The summed E-state index contributed by atoms with van der Waals surface area (Å²) in [4.78, 5) is 1.07. The van der Waals surface area contributed by atoms with Gasteiger partial charge in [0, 0.05) is 6.54 Å². The summed E-state index contributed by atoms with van der Waals surface area (Å²) < 4.78 is 388. The van der Waals surface area contributed by atoms with Gasteiger partial charge in [0.25, 0.3) is 10.0 Å². The third-order valence-electron chi connectivity index (χ3n) is 6.08. The molecular formula is C18H13F27N2O2S. The van der Waals surface area contributed by atoms with Crippen molar-refractivity contribution in [2.24, 2.45) is 0 Å². The second-order valence-corrected chi connectivity index (χ2v) is 11.7. The Balaban J connectivity index is 7.37. The molecule has 0 aromatic carbocycles. The molecule has 302 valence electrons. The van der Waals surface area contributed by atoms with Crippen molar-refractivity contribution in [1.82, 2.24) is 9.62 Å². The molecule has 0 amide bonds. The maximum absolute atomic E-state index is 14.0. The van der Waals surface area contributed by atoms with E-state index in [4.69, 9.17) is 0 Å². The van der Waals surface area contributed by atoms with Gasteiger partial charge in [0.2, 0.25) is 0 Å². The third-order valence-corrected chi connectivity index (χ3v) is 7.59. The molecular weight excluding hydrogens is 821 g/mol. The molecule has 0 bridgehead atoms. The maximum atomic E-state index is 14.0. The molecule has 0 unspecified atom stereocenters. The number of alkyl halides is 27. The van der Waals surface area contributed by atoms with Crippen molar-refractivity contribution in [1.29, 1.82) is 0 Å². The minimum absolute atomic E-state index is 0.303.